The number of benzene rings is 1. The molecule has 7 heteroatoms. The fourth-order valence-corrected chi connectivity index (χ4v) is 3.14. The molecular formula is C10H15ClN2O3S. The molecule has 5 nitrogen and oxygen atoms in total. The van der Waals surface area contributed by atoms with E-state index in [1.165, 1.54) is 12.1 Å². The van der Waals surface area contributed by atoms with Crippen molar-refractivity contribution in [3.05, 3.63) is 22.7 Å². The van der Waals surface area contributed by atoms with Gasteiger partial charge in [0.25, 0.3) is 0 Å². The van der Waals surface area contributed by atoms with E-state index in [2.05, 4.69) is 4.72 Å². The topological polar surface area (TPSA) is 92.4 Å². The number of rotatable bonds is 4. The standard InChI is InChI=1S/C10H15ClN2O3S/c1-6(5-14)13-17(15,16)10-4-8(11)3-9(12)7(10)2/h3-4,6,13-14H,5,12H2,1-2H3/t6-/m1/s1. The predicted octanol–water partition coefficient (Wildman–Crippen LogP) is 0.890. The van der Waals surface area contributed by atoms with Crippen LogP contribution in [-0.4, -0.2) is 26.2 Å². The fraction of sp³-hybridized carbons (Fsp3) is 0.400. The summed E-state index contributed by atoms with van der Waals surface area (Å²) in [4.78, 5) is 0.0304. The molecule has 4 N–H and O–H groups in total. The molecule has 96 valence electrons. The molecule has 0 radical (unpaired) electrons. The second-order valence-corrected chi connectivity index (χ2v) is 5.94. The maximum absolute atomic E-state index is 12.0. The Morgan fingerprint density at radius 2 is 2.12 bits per heavy atom. The molecule has 0 spiro atoms. The molecule has 1 atom stereocenters. The number of nitrogens with one attached hydrogen (secondary N) is 1. The van der Waals surface area contributed by atoms with Crippen LogP contribution in [0.4, 0.5) is 5.69 Å². The van der Waals surface area contributed by atoms with Crippen LogP contribution in [0.25, 0.3) is 0 Å². The Labute approximate surface area is 106 Å². The monoisotopic (exact) mass is 278 g/mol. The van der Waals surface area contributed by atoms with Crippen molar-refractivity contribution in [3.63, 3.8) is 0 Å². The van der Waals surface area contributed by atoms with Crippen LogP contribution >= 0.6 is 11.6 Å². The number of nitrogen functional groups attached to an aromatic ring is 1. The van der Waals surface area contributed by atoms with Crippen LogP contribution in [0.3, 0.4) is 0 Å². The molecule has 0 bridgehead atoms. The number of sulfonamides is 1. The smallest absolute Gasteiger partial charge is 0.241 e. The van der Waals surface area contributed by atoms with Gasteiger partial charge in [-0.15, -0.1) is 0 Å². The average Bonchev–Trinajstić information content (AvgIpc) is 2.22. The zero-order chi connectivity index (χ0) is 13.2. The molecule has 0 heterocycles. The molecule has 0 amide bonds. The quantitative estimate of drug-likeness (QED) is 0.713. The summed E-state index contributed by atoms with van der Waals surface area (Å²) in [6.45, 7) is 2.87. The number of aliphatic hydroxyl groups is 1. The van der Waals surface area contributed by atoms with Gasteiger partial charge in [0.2, 0.25) is 10.0 Å². The first-order chi connectivity index (χ1) is 7.77. The van der Waals surface area contributed by atoms with E-state index in [-0.39, 0.29) is 16.5 Å². The molecular weight excluding hydrogens is 264 g/mol. The number of anilines is 1. The highest BCUT2D eigenvalue weighted by atomic mass is 35.5. The Morgan fingerprint density at radius 1 is 1.53 bits per heavy atom. The lowest BCUT2D eigenvalue weighted by molar-refractivity contribution is 0.265. The van der Waals surface area contributed by atoms with Gasteiger partial charge in [-0.25, -0.2) is 13.1 Å². The second-order valence-electron chi connectivity index (χ2n) is 3.82. The van der Waals surface area contributed by atoms with Gasteiger partial charge < -0.3 is 10.8 Å². The highest BCUT2D eigenvalue weighted by Gasteiger charge is 2.20. The van der Waals surface area contributed by atoms with Crippen LogP contribution in [0.15, 0.2) is 17.0 Å². The van der Waals surface area contributed by atoms with Crippen molar-refractivity contribution in [1.29, 1.82) is 0 Å². The molecule has 0 aliphatic rings. The minimum Gasteiger partial charge on any atom is -0.398 e. The van der Waals surface area contributed by atoms with Gasteiger partial charge in [0.15, 0.2) is 0 Å². The molecule has 0 fully saturated rings. The van der Waals surface area contributed by atoms with Crippen LogP contribution < -0.4 is 10.5 Å². The van der Waals surface area contributed by atoms with Crippen LogP contribution in [0.5, 0.6) is 0 Å². The van der Waals surface area contributed by atoms with Crippen molar-refractivity contribution >= 4 is 27.3 Å². The van der Waals surface area contributed by atoms with Crippen LogP contribution in [0, 0.1) is 6.92 Å². The first-order valence-electron chi connectivity index (χ1n) is 4.96. The van der Waals surface area contributed by atoms with E-state index < -0.39 is 16.1 Å². The van der Waals surface area contributed by atoms with E-state index in [1.807, 2.05) is 0 Å². The first kappa shape index (κ1) is 14.2. The summed E-state index contributed by atoms with van der Waals surface area (Å²) in [5.74, 6) is 0. The Hall–Kier alpha value is -0.820. The van der Waals surface area contributed by atoms with Crippen molar-refractivity contribution < 1.29 is 13.5 Å². The van der Waals surface area contributed by atoms with E-state index in [9.17, 15) is 8.42 Å². The number of aliphatic hydroxyl groups excluding tert-OH is 1. The van der Waals surface area contributed by atoms with E-state index in [1.54, 1.807) is 13.8 Å². The summed E-state index contributed by atoms with van der Waals surface area (Å²) in [7, 11) is -3.72. The zero-order valence-corrected chi connectivity index (χ0v) is 11.1. The first-order valence-corrected chi connectivity index (χ1v) is 6.83. The number of hydrogen-bond acceptors (Lipinski definition) is 4. The third kappa shape index (κ3) is 3.32. The Kier molecular flexibility index (Phi) is 4.37. The van der Waals surface area contributed by atoms with Crippen molar-refractivity contribution in [2.75, 3.05) is 12.3 Å². The zero-order valence-electron chi connectivity index (χ0n) is 9.57. The van der Waals surface area contributed by atoms with Crippen LogP contribution in [0.1, 0.15) is 12.5 Å². The van der Waals surface area contributed by atoms with Gasteiger partial charge in [-0.1, -0.05) is 11.6 Å². The molecule has 0 aliphatic carbocycles. The summed E-state index contributed by atoms with van der Waals surface area (Å²) in [6.07, 6.45) is 0. The summed E-state index contributed by atoms with van der Waals surface area (Å²) in [5, 5.41) is 9.10. The maximum atomic E-state index is 12.0. The van der Waals surface area contributed by atoms with Gasteiger partial charge >= 0.3 is 0 Å². The molecule has 1 rings (SSSR count). The van der Waals surface area contributed by atoms with E-state index in [4.69, 9.17) is 22.4 Å². The highest BCUT2D eigenvalue weighted by molar-refractivity contribution is 7.89. The van der Waals surface area contributed by atoms with Crippen molar-refractivity contribution in [2.24, 2.45) is 0 Å². The van der Waals surface area contributed by atoms with Gasteiger partial charge in [0.1, 0.15) is 0 Å². The SMILES string of the molecule is Cc1c(N)cc(Cl)cc1S(=O)(=O)N[C@H](C)CO. The minimum absolute atomic E-state index is 0.0304. The van der Waals surface area contributed by atoms with Crippen molar-refractivity contribution in [2.45, 2.75) is 24.8 Å². The van der Waals surface area contributed by atoms with Crippen LogP contribution in [0.2, 0.25) is 5.02 Å². The molecule has 1 aromatic rings. The largest absolute Gasteiger partial charge is 0.398 e. The maximum Gasteiger partial charge on any atom is 0.241 e. The lowest BCUT2D eigenvalue weighted by Gasteiger charge is -2.14. The van der Waals surface area contributed by atoms with Crippen molar-refractivity contribution in [3.8, 4) is 0 Å². The second kappa shape index (κ2) is 5.22. The molecule has 1 aromatic carbocycles. The molecule has 0 saturated heterocycles. The third-order valence-electron chi connectivity index (χ3n) is 2.28. The summed E-state index contributed by atoms with van der Waals surface area (Å²) >= 11 is 5.78. The van der Waals surface area contributed by atoms with Crippen molar-refractivity contribution in [1.82, 2.24) is 4.72 Å². The van der Waals surface area contributed by atoms with Gasteiger partial charge in [0, 0.05) is 16.8 Å². The Bertz CT molecular complexity index is 517. The molecule has 0 saturated carbocycles. The summed E-state index contributed by atoms with van der Waals surface area (Å²) in [5.41, 5.74) is 6.41. The summed E-state index contributed by atoms with van der Waals surface area (Å²) in [6, 6.07) is 2.25. The number of halogens is 1. The van der Waals surface area contributed by atoms with E-state index in [0.717, 1.165) is 0 Å². The minimum atomic E-state index is -3.72. The van der Waals surface area contributed by atoms with E-state index >= 15 is 0 Å². The Balaban J connectivity index is 3.24. The molecule has 0 aliphatic heterocycles. The normalized spacial score (nSPS) is 13.6. The summed E-state index contributed by atoms with van der Waals surface area (Å²) < 4.78 is 26.3. The molecule has 0 unspecified atom stereocenters. The number of hydrogen-bond donors (Lipinski definition) is 3. The third-order valence-corrected chi connectivity index (χ3v) is 4.22. The predicted molar refractivity (Wildman–Crippen MR) is 67.5 cm³/mol. The van der Waals surface area contributed by atoms with Gasteiger partial charge in [0.05, 0.1) is 11.5 Å². The lowest BCUT2D eigenvalue weighted by Crippen LogP contribution is -2.35. The fourth-order valence-electron chi connectivity index (χ4n) is 1.32. The van der Waals surface area contributed by atoms with Gasteiger partial charge in [-0.05, 0) is 31.5 Å². The van der Waals surface area contributed by atoms with Gasteiger partial charge in [-0.2, -0.15) is 0 Å². The lowest BCUT2D eigenvalue weighted by atomic mass is 10.2. The highest BCUT2D eigenvalue weighted by Crippen LogP contribution is 2.25. The van der Waals surface area contributed by atoms with E-state index in [0.29, 0.717) is 11.3 Å². The molecule has 17 heavy (non-hydrogen) atoms. The number of nitrogens with two attached hydrogens (primary N) is 1. The molecule has 0 aromatic heterocycles. The van der Waals surface area contributed by atoms with Crippen LogP contribution in [-0.2, 0) is 10.0 Å². The average molecular weight is 279 g/mol. The Morgan fingerprint density at radius 3 is 2.65 bits per heavy atom. The van der Waals surface area contributed by atoms with Gasteiger partial charge in [-0.3, -0.25) is 0 Å².